The molecule has 0 aliphatic rings. The SMILES string of the molecule is C=C(Nc1ccc(-c2c[nH]c3cc(F)ccc23)cn1)[C@H](Cc1ccccc1)NC(=O)OC(C)(C)C. The molecule has 0 bridgehead atoms. The van der Waals surface area contributed by atoms with Crippen molar-refractivity contribution in [3.05, 3.63) is 96.7 Å². The van der Waals surface area contributed by atoms with Crippen molar-refractivity contribution in [2.75, 3.05) is 5.32 Å². The van der Waals surface area contributed by atoms with Crippen molar-refractivity contribution in [1.29, 1.82) is 0 Å². The van der Waals surface area contributed by atoms with Gasteiger partial charge >= 0.3 is 6.09 Å². The van der Waals surface area contributed by atoms with E-state index in [9.17, 15) is 9.18 Å². The standard InChI is InChI=1S/C28H29FN4O2/c1-18(24(14-19-8-6-5-7-9-19)33-27(34)35-28(2,3)4)32-26-13-10-20(16-31-26)23-17-30-25-15-21(29)11-12-22(23)25/h5-13,15-17,24,30H,1,14H2,2-4H3,(H,31,32)(H,33,34)/t24-/m0/s1. The lowest BCUT2D eigenvalue weighted by Crippen LogP contribution is -2.42. The van der Waals surface area contributed by atoms with Crippen LogP contribution in [0.3, 0.4) is 0 Å². The highest BCUT2D eigenvalue weighted by atomic mass is 19.1. The Balaban J connectivity index is 1.49. The Bertz CT molecular complexity index is 1320. The third-order valence-electron chi connectivity index (χ3n) is 5.40. The Labute approximate surface area is 204 Å². The van der Waals surface area contributed by atoms with E-state index in [1.54, 1.807) is 12.3 Å². The fraction of sp³-hybridized carbons (Fsp3) is 0.214. The fourth-order valence-corrected chi connectivity index (χ4v) is 3.78. The van der Waals surface area contributed by atoms with E-state index in [0.717, 1.165) is 27.6 Å². The van der Waals surface area contributed by atoms with Crippen LogP contribution in [0.4, 0.5) is 15.0 Å². The van der Waals surface area contributed by atoms with E-state index in [0.29, 0.717) is 17.9 Å². The molecule has 4 aromatic rings. The van der Waals surface area contributed by atoms with Gasteiger partial charge in [-0.25, -0.2) is 14.2 Å². The molecule has 7 heteroatoms. The maximum Gasteiger partial charge on any atom is 0.408 e. The van der Waals surface area contributed by atoms with Crippen LogP contribution in [-0.4, -0.2) is 27.7 Å². The first kappa shape index (κ1) is 24.0. The summed E-state index contributed by atoms with van der Waals surface area (Å²) >= 11 is 0. The predicted molar refractivity (Wildman–Crippen MR) is 138 cm³/mol. The van der Waals surface area contributed by atoms with Gasteiger partial charge in [0.25, 0.3) is 0 Å². The van der Waals surface area contributed by atoms with Gasteiger partial charge in [0, 0.05) is 40.1 Å². The Morgan fingerprint density at radius 2 is 1.91 bits per heavy atom. The number of carbonyl (C=O) groups excluding carboxylic acids is 1. The zero-order chi connectivity index (χ0) is 25.0. The van der Waals surface area contributed by atoms with Crippen LogP contribution in [0, 0.1) is 5.82 Å². The summed E-state index contributed by atoms with van der Waals surface area (Å²) < 4.78 is 18.9. The number of anilines is 1. The normalized spacial score (nSPS) is 12.2. The summed E-state index contributed by atoms with van der Waals surface area (Å²) in [5.41, 5.74) is 3.59. The third kappa shape index (κ3) is 6.26. The number of hydrogen-bond acceptors (Lipinski definition) is 4. The average molecular weight is 473 g/mol. The Morgan fingerprint density at radius 1 is 1.14 bits per heavy atom. The number of alkyl carbamates (subject to hydrolysis) is 1. The number of hydrogen-bond donors (Lipinski definition) is 3. The van der Waals surface area contributed by atoms with E-state index in [1.165, 1.54) is 12.1 Å². The summed E-state index contributed by atoms with van der Waals surface area (Å²) in [6, 6.07) is 17.9. The quantitative estimate of drug-likeness (QED) is 0.290. The van der Waals surface area contributed by atoms with Crippen molar-refractivity contribution in [2.24, 2.45) is 0 Å². The van der Waals surface area contributed by atoms with E-state index < -0.39 is 17.7 Å². The van der Waals surface area contributed by atoms with E-state index in [-0.39, 0.29) is 5.82 Å². The van der Waals surface area contributed by atoms with Gasteiger partial charge in [-0.2, -0.15) is 0 Å². The molecule has 0 saturated heterocycles. The molecule has 0 fully saturated rings. The van der Waals surface area contributed by atoms with Crippen molar-refractivity contribution in [1.82, 2.24) is 15.3 Å². The molecule has 0 unspecified atom stereocenters. The maximum absolute atomic E-state index is 13.5. The number of aromatic amines is 1. The van der Waals surface area contributed by atoms with Crippen LogP contribution in [0.5, 0.6) is 0 Å². The molecule has 180 valence electrons. The summed E-state index contributed by atoms with van der Waals surface area (Å²) in [5, 5.41) is 7.05. The molecule has 0 aliphatic heterocycles. The molecule has 4 rings (SSSR count). The van der Waals surface area contributed by atoms with Crippen molar-refractivity contribution in [3.63, 3.8) is 0 Å². The molecule has 1 amide bonds. The number of fused-ring (bicyclic) bond motifs is 1. The average Bonchev–Trinajstić information content (AvgIpc) is 3.21. The second kappa shape index (κ2) is 10.0. The number of halogens is 1. The highest BCUT2D eigenvalue weighted by Gasteiger charge is 2.22. The van der Waals surface area contributed by atoms with Crippen LogP contribution < -0.4 is 10.6 Å². The minimum Gasteiger partial charge on any atom is -0.444 e. The topological polar surface area (TPSA) is 79.0 Å². The Hall–Kier alpha value is -4.13. The molecule has 35 heavy (non-hydrogen) atoms. The molecule has 0 saturated carbocycles. The lowest BCUT2D eigenvalue weighted by atomic mass is 10.0. The molecule has 0 spiro atoms. The summed E-state index contributed by atoms with van der Waals surface area (Å²) in [5.74, 6) is 0.306. The summed E-state index contributed by atoms with van der Waals surface area (Å²) in [4.78, 5) is 20.1. The second-order valence-corrected chi connectivity index (χ2v) is 9.36. The maximum atomic E-state index is 13.5. The molecule has 2 aromatic heterocycles. The minimum atomic E-state index is -0.609. The minimum absolute atomic E-state index is 0.285. The number of nitrogens with zero attached hydrogens (tertiary/aromatic N) is 1. The zero-order valence-electron chi connectivity index (χ0n) is 20.1. The third-order valence-corrected chi connectivity index (χ3v) is 5.40. The van der Waals surface area contributed by atoms with Gasteiger partial charge in [0.2, 0.25) is 0 Å². The van der Waals surface area contributed by atoms with Crippen molar-refractivity contribution in [2.45, 2.75) is 38.8 Å². The van der Waals surface area contributed by atoms with Crippen LogP contribution in [0.15, 0.2) is 85.3 Å². The molecule has 0 radical (unpaired) electrons. The monoisotopic (exact) mass is 472 g/mol. The van der Waals surface area contributed by atoms with E-state index >= 15 is 0 Å². The van der Waals surface area contributed by atoms with Crippen LogP contribution in [-0.2, 0) is 11.2 Å². The largest absolute Gasteiger partial charge is 0.444 e. The van der Waals surface area contributed by atoms with Gasteiger partial charge in [-0.05, 0) is 63.1 Å². The number of aromatic nitrogens is 2. The summed E-state index contributed by atoms with van der Waals surface area (Å²) in [7, 11) is 0. The number of carbonyl (C=O) groups is 1. The van der Waals surface area contributed by atoms with Gasteiger partial charge in [-0.15, -0.1) is 0 Å². The van der Waals surface area contributed by atoms with E-state index in [4.69, 9.17) is 4.74 Å². The smallest absolute Gasteiger partial charge is 0.408 e. The van der Waals surface area contributed by atoms with Gasteiger partial charge in [0.05, 0.1) is 6.04 Å². The summed E-state index contributed by atoms with van der Waals surface area (Å²) in [6.45, 7) is 9.62. The molecular weight excluding hydrogens is 443 g/mol. The van der Waals surface area contributed by atoms with Gasteiger partial charge in [-0.1, -0.05) is 36.9 Å². The number of H-pyrrole nitrogens is 1. The molecule has 2 aromatic carbocycles. The van der Waals surface area contributed by atoms with Gasteiger partial charge in [-0.3, -0.25) is 0 Å². The second-order valence-electron chi connectivity index (χ2n) is 9.36. The number of ether oxygens (including phenoxy) is 1. The van der Waals surface area contributed by atoms with E-state index in [2.05, 4.69) is 27.2 Å². The van der Waals surface area contributed by atoms with Crippen LogP contribution in [0.1, 0.15) is 26.3 Å². The predicted octanol–water partition coefficient (Wildman–Crippen LogP) is 6.43. The van der Waals surface area contributed by atoms with Crippen molar-refractivity contribution in [3.8, 4) is 11.1 Å². The first-order chi connectivity index (χ1) is 16.7. The lowest BCUT2D eigenvalue weighted by Gasteiger charge is -2.25. The zero-order valence-corrected chi connectivity index (χ0v) is 20.1. The molecule has 2 heterocycles. The number of benzene rings is 2. The lowest BCUT2D eigenvalue weighted by molar-refractivity contribution is 0.0512. The molecule has 6 nitrogen and oxygen atoms in total. The van der Waals surface area contributed by atoms with Crippen LogP contribution in [0.25, 0.3) is 22.0 Å². The number of nitrogens with one attached hydrogen (secondary N) is 3. The highest BCUT2D eigenvalue weighted by Crippen LogP contribution is 2.29. The molecule has 1 atom stereocenters. The van der Waals surface area contributed by atoms with Gasteiger partial charge in [0.15, 0.2) is 0 Å². The Kier molecular flexibility index (Phi) is 6.87. The number of rotatable bonds is 7. The molecule has 0 aliphatic carbocycles. The van der Waals surface area contributed by atoms with Crippen LogP contribution in [0.2, 0.25) is 0 Å². The number of pyridine rings is 1. The first-order valence-electron chi connectivity index (χ1n) is 11.4. The van der Waals surface area contributed by atoms with Crippen molar-refractivity contribution >= 4 is 22.8 Å². The molecule has 3 N–H and O–H groups in total. The van der Waals surface area contributed by atoms with E-state index in [1.807, 2.05) is 69.4 Å². The summed E-state index contributed by atoms with van der Waals surface area (Å²) in [6.07, 6.45) is 3.61. The van der Waals surface area contributed by atoms with Crippen LogP contribution >= 0.6 is 0 Å². The first-order valence-corrected chi connectivity index (χ1v) is 11.4. The molecular formula is C28H29FN4O2. The Morgan fingerprint density at radius 3 is 2.60 bits per heavy atom. The van der Waals surface area contributed by atoms with Gasteiger partial charge in [0.1, 0.15) is 17.2 Å². The van der Waals surface area contributed by atoms with Crippen molar-refractivity contribution < 1.29 is 13.9 Å². The fourth-order valence-electron chi connectivity index (χ4n) is 3.78. The number of amides is 1. The highest BCUT2D eigenvalue weighted by molar-refractivity contribution is 5.95. The van der Waals surface area contributed by atoms with Gasteiger partial charge < -0.3 is 20.4 Å².